The van der Waals surface area contributed by atoms with Gasteiger partial charge in [0.15, 0.2) is 0 Å². The average Bonchev–Trinajstić information content (AvgIpc) is 2.86. The quantitative estimate of drug-likeness (QED) is 0.692. The normalized spacial score (nSPS) is 19.4. The van der Waals surface area contributed by atoms with Crippen molar-refractivity contribution in [2.75, 3.05) is 0 Å². The molecular formula is C17H27NS. The molecule has 0 aromatic heterocycles. The van der Waals surface area contributed by atoms with Crippen LogP contribution in [0.5, 0.6) is 0 Å². The second kappa shape index (κ2) is 7.96. The molecule has 1 aliphatic rings. The first-order valence-electron chi connectivity index (χ1n) is 7.81. The van der Waals surface area contributed by atoms with E-state index in [0.717, 1.165) is 6.42 Å². The third-order valence-electron chi connectivity index (χ3n) is 4.04. The Morgan fingerprint density at radius 1 is 1.16 bits per heavy atom. The van der Waals surface area contributed by atoms with Crippen molar-refractivity contribution in [2.24, 2.45) is 5.73 Å². The van der Waals surface area contributed by atoms with Gasteiger partial charge in [0.05, 0.1) is 0 Å². The van der Waals surface area contributed by atoms with Gasteiger partial charge in [-0.1, -0.05) is 63.6 Å². The van der Waals surface area contributed by atoms with Gasteiger partial charge in [-0.05, 0) is 24.5 Å². The number of hydrogen-bond acceptors (Lipinski definition) is 2. The molecule has 106 valence electrons. The van der Waals surface area contributed by atoms with Gasteiger partial charge in [-0.15, -0.1) is 11.8 Å². The molecule has 2 N–H and O–H groups in total. The van der Waals surface area contributed by atoms with E-state index < -0.39 is 0 Å². The first kappa shape index (κ1) is 14.9. The van der Waals surface area contributed by atoms with Gasteiger partial charge in [-0.25, -0.2) is 0 Å². The predicted octanol–water partition coefficient (Wildman–Crippen LogP) is 4.78. The summed E-state index contributed by atoms with van der Waals surface area (Å²) >= 11 is 1.99. The van der Waals surface area contributed by atoms with Crippen molar-refractivity contribution >= 4 is 11.8 Å². The minimum absolute atomic E-state index is 0.364. The van der Waals surface area contributed by atoms with Gasteiger partial charge in [-0.2, -0.15) is 0 Å². The third-order valence-corrected chi connectivity index (χ3v) is 5.51. The molecule has 0 spiro atoms. The van der Waals surface area contributed by atoms with E-state index in [0.29, 0.717) is 11.3 Å². The van der Waals surface area contributed by atoms with E-state index in [1.807, 2.05) is 11.8 Å². The Hall–Kier alpha value is -0.470. The summed E-state index contributed by atoms with van der Waals surface area (Å²) in [6, 6.07) is 9.12. The molecule has 2 rings (SSSR count). The van der Waals surface area contributed by atoms with E-state index in [-0.39, 0.29) is 0 Å². The maximum atomic E-state index is 6.38. The van der Waals surface area contributed by atoms with Crippen molar-refractivity contribution in [3.05, 3.63) is 29.8 Å². The highest BCUT2D eigenvalue weighted by molar-refractivity contribution is 8.00. The Balaban J connectivity index is 1.64. The number of unbranched alkanes of at least 4 members (excludes halogenated alkanes) is 5. The monoisotopic (exact) mass is 277 g/mol. The van der Waals surface area contributed by atoms with Crippen molar-refractivity contribution < 1.29 is 0 Å². The molecule has 1 heterocycles. The Bertz CT molecular complexity index is 352. The van der Waals surface area contributed by atoms with Crippen LogP contribution in [0.1, 0.15) is 57.4 Å². The van der Waals surface area contributed by atoms with Gasteiger partial charge < -0.3 is 5.73 Å². The van der Waals surface area contributed by atoms with Crippen molar-refractivity contribution in [1.29, 1.82) is 0 Å². The van der Waals surface area contributed by atoms with E-state index in [4.69, 9.17) is 5.73 Å². The van der Waals surface area contributed by atoms with Gasteiger partial charge in [0.25, 0.3) is 0 Å². The number of benzene rings is 1. The summed E-state index contributed by atoms with van der Waals surface area (Å²) in [5, 5.41) is 0.605. The van der Waals surface area contributed by atoms with Crippen LogP contribution in [0.4, 0.5) is 0 Å². The van der Waals surface area contributed by atoms with Crippen LogP contribution in [0.2, 0.25) is 0 Å². The lowest BCUT2D eigenvalue weighted by Gasteiger charge is -2.17. The first-order chi connectivity index (χ1) is 9.31. The Morgan fingerprint density at radius 3 is 2.68 bits per heavy atom. The number of thioether (sulfide) groups is 1. The molecule has 0 radical (unpaired) electrons. The molecule has 0 amide bonds. The van der Waals surface area contributed by atoms with E-state index in [2.05, 4.69) is 31.2 Å². The molecule has 2 atom stereocenters. The molecule has 0 aliphatic carbocycles. The van der Waals surface area contributed by atoms with Crippen LogP contribution in [0.3, 0.4) is 0 Å². The van der Waals surface area contributed by atoms with E-state index >= 15 is 0 Å². The number of nitrogens with two attached hydrogens (primary N) is 1. The molecule has 2 unspecified atom stereocenters. The standard InChI is InChI=1S/C17H27NS/c1-2-3-4-5-6-7-11-15(18)17-13-14-10-8-9-12-16(14)19-17/h8-10,12,15,17H,2-7,11,13,18H2,1H3. The van der Waals surface area contributed by atoms with Gasteiger partial charge in [0, 0.05) is 16.2 Å². The molecule has 1 nitrogen and oxygen atoms in total. The summed E-state index contributed by atoms with van der Waals surface area (Å²) in [6.07, 6.45) is 10.5. The van der Waals surface area contributed by atoms with E-state index in [9.17, 15) is 0 Å². The summed E-state index contributed by atoms with van der Waals surface area (Å²) in [6.45, 7) is 2.27. The summed E-state index contributed by atoms with van der Waals surface area (Å²) in [5.41, 5.74) is 7.87. The van der Waals surface area contributed by atoms with Crippen molar-refractivity contribution in [3.8, 4) is 0 Å². The zero-order valence-corrected chi connectivity index (χ0v) is 12.9. The third kappa shape index (κ3) is 4.54. The summed E-state index contributed by atoms with van der Waals surface area (Å²) < 4.78 is 0. The largest absolute Gasteiger partial charge is 0.327 e. The number of hydrogen-bond donors (Lipinski definition) is 1. The number of rotatable bonds is 8. The molecule has 0 saturated carbocycles. The van der Waals surface area contributed by atoms with Crippen LogP contribution in [0, 0.1) is 0 Å². The lowest BCUT2D eigenvalue weighted by atomic mass is 10.0. The Kier molecular flexibility index (Phi) is 6.25. The topological polar surface area (TPSA) is 26.0 Å². The van der Waals surface area contributed by atoms with Gasteiger partial charge >= 0.3 is 0 Å². The highest BCUT2D eigenvalue weighted by Gasteiger charge is 2.26. The van der Waals surface area contributed by atoms with Gasteiger partial charge in [0.2, 0.25) is 0 Å². The zero-order chi connectivity index (χ0) is 13.5. The smallest absolute Gasteiger partial charge is 0.0287 e. The molecule has 0 saturated heterocycles. The fourth-order valence-corrected chi connectivity index (χ4v) is 4.15. The highest BCUT2D eigenvalue weighted by atomic mass is 32.2. The van der Waals surface area contributed by atoms with Crippen LogP contribution in [0.15, 0.2) is 29.2 Å². The molecule has 19 heavy (non-hydrogen) atoms. The summed E-state index contributed by atoms with van der Waals surface area (Å²) in [7, 11) is 0. The molecule has 1 aromatic carbocycles. The van der Waals surface area contributed by atoms with Crippen LogP contribution in [-0.2, 0) is 6.42 Å². The molecular weight excluding hydrogens is 250 g/mol. The van der Waals surface area contributed by atoms with Crippen LogP contribution in [0.25, 0.3) is 0 Å². The average molecular weight is 277 g/mol. The maximum Gasteiger partial charge on any atom is 0.0287 e. The SMILES string of the molecule is CCCCCCCCC(N)C1Cc2ccccc2S1. The molecule has 0 fully saturated rings. The number of fused-ring (bicyclic) bond motifs is 1. The fraction of sp³-hybridized carbons (Fsp3) is 0.647. The first-order valence-corrected chi connectivity index (χ1v) is 8.69. The fourth-order valence-electron chi connectivity index (χ4n) is 2.79. The Labute approximate surface area is 122 Å². The lowest BCUT2D eigenvalue weighted by molar-refractivity contribution is 0.522. The molecule has 0 bridgehead atoms. The van der Waals surface area contributed by atoms with Crippen molar-refractivity contribution in [3.63, 3.8) is 0 Å². The van der Waals surface area contributed by atoms with E-state index in [1.54, 1.807) is 0 Å². The van der Waals surface area contributed by atoms with Gasteiger partial charge in [0.1, 0.15) is 0 Å². The van der Waals surface area contributed by atoms with Crippen LogP contribution < -0.4 is 5.73 Å². The lowest BCUT2D eigenvalue weighted by Crippen LogP contribution is -2.32. The maximum absolute atomic E-state index is 6.38. The zero-order valence-electron chi connectivity index (χ0n) is 12.1. The molecule has 1 aromatic rings. The van der Waals surface area contributed by atoms with Gasteiger partial charge in [-0.3, -0.25) is 0 Å². The molecule has 2 heteroatoms. The minimum Gasteiger partial charge on any atom is -0.327 e. The highest BCUT2D eigenvalue weighted by Crippen LogP contribution is 2.38. The van der Waals surface area contributed by atoms with Crippen molar-refractivity contribution in [1.82, 2.24) is 0 Å². The summed E-state index contributed by atoms with van der Waals surface area (Å²) in [5.74, 6) is 0. The van der Waals surface area contributed by atoms with Crippen LogP contribution in [-0.4, -0.2) is 11.3 Å². The van der Waals surface area contributed by atoms with E-state index in [1.165, 1.54) is 55.4 Å². The predicted molar refractivity (Wildman–Crippen MR) is 85.8 cm³/mol. The van der Waals surface area contributed by atoms with Crippen LogP contribution >= 0.6 is 11.8 Å². The Morgan fingerprint density at radius 2 is 1.89 bits per heavy atom. The minimum atomic E-state index is 0.364. The summed E-state index contributed by atoms with van der Waals surface area (Å²) in [4.78, 5) is 1.45. The second-order valence-electron chi connectivity index (χ2n) is 5.69. The second-order valence-corrected chi connectivity index (χ2v) is 6.97. The molecule has 1 aliphatic heterocycles. The van der Waals surface area contributed by atoms with Crippen molar-refractivity contribution in [2.45, 2.75) is 74.5 Å².